The first-order chi connectivity index (χ1) is 20.3. The van der Waals surface area contributed by atoms with Crippen molar-refractivity contribution < 1.29 is 33.9 Å². The zero-order valence-electron chi connectivity index (χ0n) is 23.3. The normalized spacial score (nSPS) is 20.3. The quantitative estimate of drug-likeness (QED) is 0.242. The van der Waals surface area contributed by atoms with E-state index in [0.717, 1.165) is 27.5 Å². The van der Waals surface area contributed by atoms with E-state index in [4.69, 9.17) is 23.7 Å². The van der Waals surface area contributed by atoms with Gasteiger partial charge in [0.15, 0.2) is 6.23 Å². The van der Waals surface area contributed by atoms with Crippen LogP contribution in [-0.2, 0) is 15.1 Å². The number of aromatic amines is 1. The van der Waals surface area contributed by atoms with E-state index in [-0.39, 0.29) is 12.4 Å². The molecule has 11 heteroatoms. The number of hydrogen-bond donors (Lipinski definition) is 3. The first-order valence-electron chi connectivity index (χ1n) is 13.2. The van der Waals surface area contributed by atoms with E-state index < -0.39 is 41.4 Å². The van der Waals surface area contributed by atoms with Gasteiger partial charge in [0.25, 0.3) is 5.56 Å². The maximum Gasteiger partial charge on any atom is 0.330 e. The molecule has 42 heavy (non-hydrogen) atoms. The van der Waals surface area contributed by atoms with E-state index in [1.807, 2.05) is 78.9 Å². The van der Waals surface area contributed by atoms with Crippen molar-refractivity contribution in [3.8, 4) is 17.2 Å². The molecule has 3 aromatic carbocycles. The van der Waals surface area contributed by atoms with Crippen LogP contribution in [0.2, 0.25) is 0 Å². The van der Waals surface area contributed by atoms with Gasteiger partial charge >= 0.3 is 5.69 Å². The second kappa shape index (κ2) is 12.2. The number of rotatable bonds is 10. The van der Waals surface area contributed by atoms with Gasteiger partial charge in [-0.2, -0.15) is 0 Å². The Balaban J connectivity index is 1.55. The number of methoxy groups -OCH3 is 3. The van der Waals surface area contributed by atoms with E-state index in [1.54, 1.807) is 14.2 Å². The molecule has 0 saturated carbocycles. The Morgan fingerprint density at radius 1 is 0.786 bits per heavy atom. The molecule has 4 atom stereocenters. The van der Waals surface area contributed by atoms with Gasteiger partial charge in [0, 0.05) is 0 Å². The van der Waals surface area contributed by atoms with Gasteiger partial charge in [-0.05, 0) is 41.0 Å². The molecular formula is C31H32N2O9. The number of H-pyrrole nitrogens is 1. The zero-order chi connectivity index (χ0) is 29.9. The predicted octanol–water partition coefficient (Wildman–Crippen LogP) is 2.19. The summed E-state index contributed by atoms with van der Waals surface area (Å²) in [5, 5.41) is 21.9. The van der Waals surface area contributed by atoms with Gasteiger partial charge in [-0.25, -0.2) is 4.79 Å². The Morgan fingerprint density at radius 3 is 1.86 bits per heavy atom. The Labute approximate surface area is 241 Å². The van der Waals surface area contributed by atoms with E-state index in [9.17, 15) is 19.8 Å². The van der Waals surface area contributed by atoms with Gasteiger partial charge in [0.2, 0.25) is 5.75 Å². The summed E-state index contributed by atoms with van der Waals surface area (Å²) < 4.78 is 29.5. The molecule has 0 radical (unpaired) electrons. The van der Waals surface area contributed by atoms with Crippen LogP contribution in [0.3, 0.4) is 0 Å². The number of nitrogens with zero attached hydrogens (tertiary/aromatic N) is 1. The molecule has 4 aromatic rings. The first kappa shape index (κ1) is 29.1. The number of aromatic nitrogens is 2. The van der Waals surface area contributed by atoms with Crippen LogP contribution in [0.1, 0.15) is 22.9 Å². The van der Waals surface area contributed by atoms with Crippen LogP contribution in [0.15, 0.2) is 94.6 Å². The van der Waals surface area contributed by atoms with Gasteiger partial charge in [-0.3, -0.25) is 14.3 Å². The number of aliphatic hydroxyl groups is 2. The average Bonchev–Trinajstić information content (AvgIpc) is 3.31. The number of nitrogens with one attached hydrogen (secondary N) is 1. The van der Waals surface area contributed by atoms with Crippen molar-refractivity contribution in [1.29, 1.82) is 0 Å². The molecule has 2 heterocycles. The summed E-state index contributed by atoms with van der Waals surface area (Å²) in [6.07, 6.45) is -4.14. The van der Waals surface area contributed by atoms with Gasteiger partial charge in [-0.15, -0.1) is 0 Å². The minimum Gasteiger partial charge on any atom is -0.497 e. The summed E-state index contributed by atoms with van der Waals surface area (Å²) in [6.45, 7) is -0.184. The third-order valence-electron chi connectivity index (χ3n) is 7.40. The lowest BCUT2D eigenvalue weighted by Crippen LogP contribution is -2.40. The fraction of sp³-hybridized carbons (Fsp3) is 0.290. The van der Waals surface area contributed by atoms with Crippen LogP contribution in [0.25, 0.3) is 0 Å². The molecule has 0 bridgehead atoms. The largest absolute Gasteiger partial charge is 0.497 e. The molecule has 0 amide bonds. The zero-order valence-corrected chi connectivity index (χ0v) is 23.3. The average molecular weight is 577 g/mol. The molecule has 1 aromatic heterocycles. The molecule has 1 saturated heterocycles. The van der Waals surface area contributed by atoms with Crippen molar-refractivity contribution in [2.24, 2.45) is 0 Å². The Hall–Kier alpha value is -4.42. The van der Waals surface area contributed by atoms with E-state index in [2.05, 4.69) is 4.98 Å². The summed E-state index contributed by atoms with van der Waals surface area (Å²) in [7, 11) is 4.45. The van der Waals surface area contributed by atoms with Crippen LogP contribution in [-0.4, -0.2) is 66.0 Å². The molecule has 220 valence electrons. The molecular weight excluding hydrogens is 544 g/mol. The van der Waals surface area contributed by atoms with Crippen LogP contribution >= 0.6 is 0 Å². The fourth-order valence-electron chi connectivity index (χ4n) is 5.18. The number of ether oxygens (including phenoxy) is 5. The molecule has 0 spiro atoms. The molecule has 5 rings (SSSR count). The standard InChI is InChI=1S/C31H32N2O9/c1-38-22-13-9-20(10-14-22)31(19-7-5-4-6-8-19,21-11-15-23(39-2)16-12-21)41-18-25-26(34)27(35)29(42-25)33-17-24(40-3)28(36)32-30(33)37/h4-17,25-27,29,34-35H,18H2,1-3H3,(H,32,36,37)/t25-,26?,27+,29-/m1/s1. The third-order valence-corrected chi connectivity index (χ3v) is 7.40. The highest BCUT2D eigenvalue weighted by Gasteiger charge is 2.47. The molecule has 1 unspecified atom stereocenters. The lowest BCUT2D eigenvalue weighted by molar-refractivity contribution is -0.0959. The monoisotopic (exact) mass is 576 g/mol. The van der Waals surface area contributed by atoms with Gasteiger partial charge in [0.05, 0.1) is 34.1 Å². The smallest absolute Gasteiger partial charge is 0.330 e. The summed E-state index contributed by atoms with van der Waals surface area (Å²) in [4.78, 5) is 26.6. The number of aliphatic hydroxyl groups excluding tert-OH is 2. The second-order valence-electron chi connectivity index (χ2n) is 9.73. The van der Waals surface area contributed by atoms with E-state index >= 15 is 0 Å². The molecule has 3 N–H and O–H groups in total. The highest BCUT2D eigenvalue weighted by molar-refractivity contribution is 5.49. The van der Waals surface area contributed by atoms with Crippen molar-refractivity contribution in [2.45, 2.75) is 30.1 Å². The molecule has 1 fully saturated rings. The van der Waals surface area contributed by atoms with Crippen LogP contribution in [0.4, 0.5) is 0 Å². The molecule has 0 aliphatic carbocycles. The highest BCUT2D eigenvalue weighted by Crippen LogP contribution is 2.42. The minimum absolute atomic E-state index is 0.151. The topological polar surface area (TPSA) is 141 Å². The lowest BCUT2D eigenvalue weighted by Gasteiger charge is -2.37. The second-order valence-corrected chi connectivity index (χ2v) is 9.73. The van der Waals surface area contributed by atoms with Crippen molar-refractivity contribution in [1.82, 2.24) is 9.55 Å². The Morgan fingerprint density at radius 2 is 1.33 bits per heavy atom. The van der Waals surface area contributed by atoms with Crippen LogP contribution < -0.4 is 25.5 Å². The maximum atomic E-state index is 12.6. The van der Waals surface area contributed by atoms with E-state index in [0.29, 0.717) is 11.5 Å². The first-order valence-corrected chi connectivity index (χ1v) is 13.2. The Bertz CT molecular complexity index is 1550. The maximum absolute atomic E-state index is 12.6. The van der Waals surface area contributed by atoms with Crippen molar-refractivity contribution in [2.75, 3.05) is 27.9 Å². The summed E-state index contributed by atoms with van der Waals surface area (Å²) in [6, 6.07) is 24.5. The summed E-state index contributed by atoms with van der Waals surface area (Å²) >= 11 is 0. The van der Waals surface area contributed by atoms with Gasteiger partial charge in [0.1, 0.15) is 35.4 Å². The number of benzene rings is 3. The van der Waals surface area contributed by atoms with Gasteiger partial charge < -0.3 is 33.9 Å². The van der Waals surface area contributed by atoms with Crippen LogP contribution in [0, 0.1) is 0 Å². The summed E-state index contributed by atoms with van der Waals surface area (Å²) in [5.41, 5.74) is -0.403. The predicted molar refractivity (Wildman–Crippen MR) is 152 cm³/mol. The number of hydrogen-bond acceptors (Lipinski definition) is 9. The van der Waals surface area contributed by atoms with Crippen LogP contribution in [0.5, 0.6) is 17.2 Å². The molecule has 1 aliphatic heterocycles. The van der Waals surface area contributed by atoms with Crippen molar-refractivity contribution in [3.05, 3.63) is 123 Å². The van der Waals surface area contributed by atoms with Gasteiger partial charge in [-0.1, -0.05) is 54.6 Å². The lowest BCUT2D eigenvalue weighted by atomic mass is 9.80. The van der Waals surface area contributed by atoms with Crippen molar-refractivity contribution in [3.63, 3.8) is 0 Å². The molecule has 11 nitrogen and oxygen atoms in total. The minimum atomic E-state index is -1.50. The third kappa shape index (κ3) is 5.30. The fourth-order valence-corrected chi connectivity index (χ4v) is 5.18. The SMILES string of the molecule is COc1ccc(C(OC[C@H]2O[C@@H](n3cc(OC)c(=O)[nH]c3=O)[C@@H](O)C2O)(c2ccccc2)c2ccc(OC)cc2)cc1. The van der Waals surface area contributed by atoms with E-state index in [1.165, 1.54) is 7.11 Å². The Kier molecular flexibility index (Phi) is 8.46. The molecule has 1 aliphatic rings. The summed E-state index contributed by atoms with van der Waals surface area (Å²) in [5.74, 6) is 1.18. The van der Waals surface area contributed by atoms with Crippen molar-refractivity contribution >= 4 is 0 Å². The highest BCUT2D eigenvalue weighted by atomic mass is 16.6.